The van der Waals surface area contributed by atoms with Crippen LogP contribution in [0.25, 0.3) is 11.6 Å². The van der Waals surface area contributed by atoms with Crippen molar-refractivity contribution in [3.63, 3.8) is 0 Å². The fourth-order valence-corrected chi connectivity index (χ4v) is 3.17. The summed E-state index contributed by atoms with van der Waals surface area (Å²) in [5.41, 5.74) is 4.78. The number of hydrogen-bond acceptors (Lipinski definition) is 4. The van der Waals surface area contributed by atoms with Crippen LogP contribution in [0.15, 0.2) is 17.4 Å². The maximum absolute atomic E-state index is 12.3. The molecule has 2 N–H and O–H groups in total. The lowest BCUT2D eigenvalue weighted by molar-refractivity contribution is -0.110. The Labute approximate surface area is 140 Å². The third-order valence-corrected chi connectivity index (χ3v) is 4.59. The SMILES string of the molecule is CCSc1ncc2c(n1)NC(=O)C2=Cc1[nH]c(CC)cc1CC. The van der Waals surface area contributed by atoms with Crippen LogP contribution >= 0.6 is 11.8 Å². The van der Waals surface area contributed by atoms with Crippen molar-refractivity contribution in [2.45, 2.75) is 38.8 Å². The summed E-state index contributed by atoms with van der Waals surface area (Å²) in [5.74, 6) is 1.38. The molecule has 0 unspecified atom stereocenters. The normalized spacial score (nSPS) is 15.1. The van der Waals surface area contributed by atoms with E-state index in [9.17, 15) is 4.79 Å². The largest absolute Gasteiger partial charge is 0.359 e. The minimum atomic E-state index is -0.123. The number of carbonyl (C=O) groups is 1. The summed E-state index contributed by atoms with van der Waals surface area (Å²) < 4.78 is 0. The number of hydrogen-bond donors (Lipinski definition) is 2. The first kappa shape index (κ1) is 15.8. The monoisotopic (exact) mass is 328 g/mol. The molecule has 0 spiro atoms. The zero-order valence-corrected chi connectivity index (χ0v) is 14.4. The molecule has 1 aliphatic heterocycles. The average Bonchev–Trinajstić information content (AvgIpc) is 3.09. The van der Waals surface area contributed by atoms with Gasteiger partial charge in [-0.2, -0.15) is 0 Å². The molecule has 0 bridgehead atoms. The van der Waals surface area contributed by atoms with Crippen molar-refractivity contribution in [1.29, 1.82) is 0 Å². The van der Waals surface area contributed by atoms with Gasteiger partial charge in [-0.25, -0.2) is 9.97 Å². The number of rotatable bonds is 5. The van der Waals surface area contributed by atoms with Crippen molar-refractivity contribution in [1.82, 2.24) is 15.0 Å². The fraction of sp³-hybridized carbons (Fsp3) is 0.353. The van der Waals surface area contributed by atoms with Crippen molar-refractivity contribution >= 4 is 35.1 Å². The Kier molecular flexibility index (Phi) is 4.52. The quantitative estimate of drug-likeness (QED) is 0.500. The lowest BCUT2D eigenvalue weighted by Gasteiger charge is -2.01. The second-order valence-corrected chi connectivity index (χ2v) is 6.53. The smallest absolute Gasteiger partial charge is 0.257 e. The van der Waals surface area contributed by atoms with Gasteiger partial charge in [-0.3, -0.25) is 4.79 Å². The topological polar surface area (TPSA) is 70.7 Å². The van der Waals surface area contributed by atoms with Crippen LogP contribution in [0.1, 0.15) is 43.3 Å². The zero-order chi connectivity index (χ0) is 16.4. The van der Waals surface area contributed by atoms with Crippen molar-refractivity contribution in [3.8, 4) is 0 Å². The van der Waals surface area contributed by atoms with Crippen LogP contribution in [-0.4, -0.2) is 26.6 Å². The van der Waals surface area contributed by atoms with Crippen molar-refractivity contribution in [3.05, 3.63) is 34.8 Å². The lowest BCUT2D eigenvalue weighted by Crippen LogP contribution is -2.04. The number of carbonyl (C=O) groups excluding carboxylic acids is 1. The van der Waals surface area contributed by atoms with E-state index in [4.69, 9.17) is 0 Å². The maximum Gasteiger partial charge on any atom is 0.257 e. The first-order valence-corrected chi connectivity index (χ1v) is 8.88. The molecule has 6 heteroatoms. The molecular formula is C17H20N4OS. The van der Waals surface area contributed by atoms with E-state index in [2.05, 4.69) is 40.2 Å². The molecule has 23 heavy (non-hydrogen) atoms. The van der Waals surface area contributed by atoms with Crippen LogP contribution in [0, 0.1) is 0 Å². The van der Waals surface area contributed by atoms with Gasteiger partial charge in [-0.15, -0.1) is 0 Å². The molecule has 0 saturated carbocycles. The molecule has 5 nitrogen and oxygen atoms in total. The zero-order valence-electron chi connectivity index (χ0n) is 13.6. The second kappa shape index (κ2) is 6.58. The number of thioether (sulfide) groups is 1. The lowest BCUT2D eigenvalue weighted by atomic mass is 10.1. The molecule has 2 aromatic heterocycles. The van der Waals surface area contributed by atoms with Crippen LogP contribution in [0.3, 0.4) is 0 Å². The van der Waals surface area contributed by atoms with E-state index in [1.165, 1.54) is 11.3 Å². The Bertz CT molecular complexity index is 779. The molecule has 0 saturated heterocycles. The number of anilines is 1. The molecule has 1 amide bonds. The van der Waals surface area contributed by atoms with Gasteiger partial charge in [0.1, 0.15) is 5.82 Å². The highest BCUT2D eigenvalue weighted by molar-refractivity contribution is 7.99. The van der Waals surface area contributed by atoms with Crippen molar-refractivity contribution < 1.29 is 4.79 Å². The molecule has 3 rings (SSSR count). The van der Waals surface area contributed by atoms with Gasteiger partial charge in [0.25, 0.3) is 5.91 Å². The summed E-state index contributed by atoms with van der Waals surface area (Å²) in [6, 6.07) is 2.16. The Balaban J connectivity index is 2.01. The van der Waals surface area contributed by atoms with Gasteiger partial charge in [0, 0.05) is 23.1 Å². The van der Waals surface area contributed by atoms with Crippen molar-refractivity contribution in [2.24, 2.45) is 0 Å². The van der Waals surface area contributed by atoms with Gasteiger partial charge in [0.05, 0.1) is 5.57 Å². The molecule has 0 atom stereocenters. The molecule has 120 valence electrons. The van der Waals surface area contributed by atoms with Crippen molar-refractivity contribution in [2.75, 3.05) is 11.1 Å². The van der Waals surface area contributed by atoms with Gasteiger partial charge < -0.3 is 10.3 Å². The van der Waals surface area contributed by atoms with Gasteiger partial charge in [-0.1, -0.05) is 32.5 Å². The van der Waals surface area contributed by atoms with Crippen LogP contribution in [-0.2, 0) is 17.6 Å². The molecule has 0 radical (unpaired) electrons. The van der Waals surface area contributed by atoms with Crippen LogP contribution in [0.2, 0.25) is 0 Å². The molecule has 3 heterocycles. The number of aryl methyl sites for hydroxylation is 2. The number of nitrogens with one attached hydrogen (secondary N) is 2. The van der Waals surface area contributed by atoms with E-state index in [1.807, 2.05) is 13.0 Å². The second-order valence-electron chi connectivity index (χ2n) is 5.30. The fourth-order valence-electron chi connectivity index (χ4n) is 2.63. The molecule has 0 aliphatic carbocycles. The molecule has 0 aromatic carbocycles. The summed E-state index contributed by atoms with van der Waals surface area (Å²) in [4.78, 5) is 24.5. The van der Waals surface area contributed by atoms with E-state index >= 15 is 0 Å². The number of nitrogens with zero attached hydrogens (tertiary/aromatic N) is 2. The predicted molar refractivity (Wildman–Crippen MR) is 94.5 cm³/mol. The minimum Gasteiger partial charge on any atom is -0.359 e. The molecular weight excluding hydrogens is 308 g/mol. The highest BCUT2D eigenvalue weighted by atomic mass is 32.2. The maximum atomic E-state index is 12.3. The number of H-pyrrole nitrogens is 1. The summed E-state index contributed by atoms with van der Waals surface area (Å²) in [7, 11) is 0. The number of amides is 1. The minimum absolute atomic E-state index is 0.123. The summed E-state index contributed by atoms with van der Waals surface area (Å²) in [6.45, 7) is 6.28. The molecule has 0 fully saturated rings. The van der Waals surface area contributed by atoms with E-state index in [-0.39, 0.29) is 5.91 Å². The number of aromatic amines is 1. The first-order chi connectivity index (χ1) is 11.2. The summed E-state index contributed by atoms with van der Waals surface area (Å²) >= 11 is 1.56. The summed E-state index contributed by atoms with van der Waals surface area (Å²) in [5, 5.41) is 3.53. The third-order valence-electron chi connectivity index (χ3n) is 3.85. The van der Waals surface area contributed by atoms with E-state index in [1.54, 1.807) is 18.0 Å². The van der Waals surface area contributed by atoms with Gasteiger partial charge in [-0.05, 0) is 36.3 Å². The van der Waals surface area contributed by atoms with Crippen LogP contribution in [0.5, 0.6) is 0 Å². The Morgan fingerprint density at radius 2 is 2.09 bits per heavy atom. The first-order valence-electron chi connectivity index (χ1n) is 7.90. The third kappa shape index (κ3) is 3.03. The van der Waals surface area contributed by atoms with Gasteiger partial charge in [0.2, 0.25) is 0 Å². The predicted octanol–water partition coefficient (Wildman–Crippen LogP) is 3.53. The van der Waals surface area contributed by atoms with Gasteiger partial charge in [0.15, 0.2) is 5.16 Å². The van der Waals surface area contributed by atoms with Gasteiger partial charge >= 0.3 is 0 Å². The number of fused-ring (bicyclic) bond motifs is 1. The Morgan fingerprint density at radius 3 is 2.78 bits per heavy atom. The van der Waals surface area contributed by atoms with E-state index in [0.29, 0.717) is 16.5 Å². The van der Waals surface area contributed by atoms with Crippen LogP contribution in [0.4, 0.5) is 5.82 Å². The Hall–Kier alpha value is -2.08. The molecule has 2 aromatic rings. The average molecular weight is 328 g/mol. The summed E-state index contributed by atoms with van der Waals surface area (Å²) in [6.07, 6.45) is 5.51. The molecule has 1 aliphatic rings. The standard InChI is InChI=1S/C17H20N4OS/c1-4-10-7-11(5-2)19-14(10)8-12-13-9-18-17(23-6-3)21-15(13)20-16(12)22/h7-9,19H,4-6H2,1-3H3,(H,18,20,21,22). The highest BCUT2D eigenvalue weighted by Crippen LogP contribution is 2.32. The van der Waals surface area contributed by atoms with Crippen LogP contribution < -0.4 is 5.32 Å². The van der Waals surface area contributed by atoms with E-state index in [0.717, 1.165) is 29.9 Å². The number of aromatic nitrogens is 3. The Morgan fingerprint density at radius 1 is 1.26 bits per heavy atom. The highest BCUT2D eigenvalue weighted by Gasteiger charge is 2.26. The van der Waals surface area contributed by atoms with E-state index < -0.39 is 0 Å².